The van der Waals surface area contributed by atoms with Crippen LogP contribution in [0, 0.1) is 5.92 Å². The van der Waals surface area contributed by atoms with E-state index in [1.807, 2.05) is 18.2 Å². The predicted octanol–water partition coefficient (Wildman–Crippen LogP) is 3.76. The number of hydrogen-bond donors (Lipinski definition) is 0. The van der Waals surface area contributed by atoms with Crippen molar-refractivity contribution in [3.8, 4) is 5.75 Å². The molecule has 5 heteroatoms. The molecule has 1 unspecified atom stereocenters. The Kier molecular flexibility index (Phi) is 4.12. The van der Waals surface area contributed by atoms with Crippen molar-refractivity contribution in [2.24, 2.45) is 5.92 Å². The van der Waals surface area contributed by atoms with Crippen molar-refractivity contribution in [1.82, 2.24) is 0 Å². The number of amides is 1. The number of anilines is 1. The van der Waals surface area contributed by atoms with E-state index in [1.165, 1.54) is 0 Å². The maximum atomic E-state index is 12.0. The molecule has 96 valence electrons. The van der Waals surface area contributed by atoms with Crippen LogP contribution in [0.15, 0.2) is 33.7 Å². The first-order chi connectivity index (χ1) is 8.56. The minimum Gasteiger partial charge on any atom is -0.494 e. The highest BCUT2D eigenvalue weighted by Gasteiger charge is 2.31. The maximum Gasteiger partial charge on any atom is 0.227 e. The molecule has 1 aliphatic rings. The number of nitrogens with zero attached hydrogens (tertiary/aromatic N) is 1. The van der Waals surface area contributed by atoms with Gasteiger partial charge in [0.05, 0.1) is 7.11 Å². The number of methoxy groups -OCH3 is 1. The van der Waals surface area contributed by atoms with Crippen molar-refractivity contribution in [2.45, 2.75) is 6.42 Å². The second kappa shape index (κ2) is 5.45. The largest absolute Gasteiger partial charge is 0.494 e. The number of rotatable bonds is 3. The van der Waals surface area contributed by atoms with E-state index >= 15 is 0 Å². The standard InChI is InChI=1S/C13H13Br2NO2/c1-3-8-4-12(17)16(7-8)13-10(15)5-9(14)6-11(13)18-2/h3,5-6,8H,1,4,7H2,2H3. The molecule has 1 heterocycles. The first-order valence-electron chi connectivity index (χ1n) is 5.52. The monoisotopic (exact) mass is 373 g/mol. The molecule has 1 atom stereocenters. The number of carbonyl (C=O) groups excluding carboxylic acids is 1. The van der Waals surface area contributed by atoms with Crippen molar-refractivity contribution in [1.29, 1.82) is 0 Å². The normalized spacial score (nSPS) is 19.2. The Hall–Kier alpha value is -0.810. The van der Waals surface area contributed by atoms with Gasteiger partial charge >= 0.3 is 0 Å². The minimum atomic E-state index is 0.0984. The molecule has 0 radical (unpaired) electrons. The van der Waals surface area contributed by atoms with Gasteiger partial charge in [-0.15, -0.1) is 6.58 Å². The first-order valence-corrected chi connectivity index (χ1v) is 7.11. The van der Waals surface area contributed by atoms with Gasteiger partial charge in [-0.25, -0.2) is 0 Å². The molecule has 0 aliphatic carbocycles. The summed E-state index contributed by atoms with van der Waals surface area (Å²) in [4.78, 5) is 13.8. The van der Waals surface area contributed by atoms with Gasteiger partial charge in [0.25, 0.3) is 0 Å². The fraction of sp³-hybridized carbons (Fsp3) is 0.308. The summed E-state index contributed by atoms with van der Waals surface area (Å²) in [7, 11) is 1.60. The summed E-state index contributed by atoms with van der Waals surface area (Å²) in [5.74, 6) is 0.980. The average Bonchev–Trinajstić information content (AvgIpc) is 2.69. The molecule has 0 saturated carbocycles. The van der Waals surface area contributed by atoms with E-state index in [0.29, 0.717) is 18.7 Å². The van der Waals surface area contributed by atoms with E-state index < -0.39 is 0 Å². The van der Waals surface area contributed by atoms with Gasteiger partial charge in [0, 0.05) is 27.8 Å². The third-order valence-electron chi connectivity index (χ3n) is 2.97. The smallest absolute Gasteiger partial charge is 0.227 e. The lowest BCUT2D eigenvalue weighted by Gasteiger charge is -2.21. The number of benzene rings is 1. The summed E-state index contributed by atoms with van der Waals surface area (Å²) >= 11 is 6.90. The predicted molar refractivity (Wildman–Crippen MR) is 79.1 cm³/mol. The number of carbonyl (C=O) groups is 1. The zero-order chi connectivity index (χ0) is 13.3. The molecule has 0 bridgehead atoms. The Morgan fingerprint density at radius 3 is 2.78 bits per heavy atom. The molecular weight excluding hydrogens is 362 g/mol. The topological polar surface area (TPSA) is 29.5 Å². The lowest BCUT2D eigenvalue weighted by molar-refractivity contribution is -0.117. The molecular formula is C13H13Br2NO2. The Morgan fingerprint density at radius 2 is 2.22 bits per heavy atom. The van der Waals surface area contributed by atoms with Gasteiger partial charge < -0.3 is 9.64 Å². The van der Waals surface area contributed by atoms with Crippen molar-refractivity contribution < 1.29 is 9.53 Å². The summed E-state index contributed by atoms with van der Waals surface area (Å²) in [6.07, 6.45) is 2.34. The Labute approximate surface area is 123 Å². The number of ether oxygens (including phenoxy) is 1. The maximum absolute atomic E-state index is 12.0. The van der Waals surface area contributed by atoms with Crippen LogP contribution >= 0.6 is 31.9 Å². The highest BCUT2D eigenvalue weighted by molar-refractivity contribution is 9.11. The van der Waals surface area contributed by atoms with Gasteiger partial charge in [-0.05, 0) is 28.1 Å². The van der Waals surface area contributed by atoms with Crippen molar-refractivity contribution in [3.63, 3.8) is 0 Å². The van der Waals surface area contributed by atoms with Gasteiger partial charge in [-0.1, -0.05) is 22.0 Å². The van der Waals surface area contributed by atoms with E-state index in [1.54, 1.807) is 12.0 Å². The summed E-state index contributed by atoms with van der Waals surface area (Å²) in [5, 5.41) is 0. The van der Waals surface area contributed by atoms with Crippen LogP contribution in [0.25, 0.3) is 0 Å². The zero-order valence-electron chi connectivity index (χ0n) is 9.95. The Balaban J connectivity index is 2.45. The molecule has 1 amide bonds. The average molecular weight is 375 g/mol. The quantitative estimate of drug-likeness (QED) is 0.754. The van der Waals surface area contributed by atoms with Gasteiger partial charge in [-0.2, -0.15) is 0 Å². The van der Waals surface area contributed by atoms with Crippen LogP contribution in [-0.2, 0) is 4.79 Å². The molecule has 0 N–H and O–H groups in total. The van der Waals surface area contributed by atoms with Crippen molar-refractivity contribution >= 4 is 43.5 Å². The second-order valence-corrected chi connectivity index (χ2v) is 5.91. The molecule has 1 aromatic carbocycles. The number of halogens is 2. The minimum absolute atomic E-state index is 0.0984. The molecule has 1 saturated heterocycles. The third kappa shape index (κ3) is 2.47. The highest BCUT2D eigenvalue weighted by Crippen LogP contribution is 2.41. The first kappa shape index (κ1) is 13.6. The van der Waals surface area contributed by atoms with E-state index in [-0.39, 0.29) is 11.8 Å². The van der Waals surface area contributed by atoms with Gasteiger partial charge in [0.1, 0.15) is 11.4 Å². The molecule has 1 aromatic rings. The Morgan fingerprint density at radius 1 is 1.50 bits per heavy atom. The Bertz CT molecular complexity index is 502. The second-order valence-electron chi connectivity index (χ2n) is 4.14. The molecule has 1 fully saturated rings. The van der Waals surface area contributed by atoms with Crippen LogP contribution < -0.4 is 9.64 Å². The van der Waals surface area contributed by atoms with Crippen LogP contribution in [0.3, 0.4) is 0 Å². The van der Waals surface area contributed by atoms with Crippen LogP contribution in [0.4, 0.5) is 5.69 Å². The fourth-order valence-corrected chi connectivity index (χ4v) is 3.47. The van der Waals surface area contributed by atoms with Crippen molar-refractivity contribution in [2.75, 3.05) is 18.6 Å². The SMILES string of the molecule is C=CC1CC(=O)N(c2c(Br)cc(Br)cc2OC)C1. The summed E-state index contributed by atoms with van der Waals surface area (Å²) in [6, 6.07) is 3.76. The summed E-state index contributed by atoms with van der Waals surface area (Å²) in [5.41, 5.74) is 0.787. The molecule has 18 heavy (non-hydrogen) atoms. The summed E-state index contributed by atoms with van der Waals surface area (Å²) in [6.45, 7) is 4.41. The van der Waals surface area contributed by atoms with Gasteiger partial charge in [0.15, 0.2) is 0 Å². The highest BCUT2D eigenvalue weighted by atomic mass is 79.9. The molecule has 0 spiro atoms. The summed E-state index contributed by atoms with van der Waals surface area (Å²) < 4.78 is 7.10. The lowest BCUT2D eigenvalue weighted by atomic mass is 10.1. The van der Waals surface area contributed by atoms with E-state index in [2.05, 4.69) is 38.4 Å². The number of hydrogen-bond acceptors (Lipinski definition) is 2. The van der Waals surface area contributed by atoms with Gasteiger partial charge in [0.2, 0.25) is 5.91 Å². The molecule has 0 aromatic heterocycles. The van der Waals surface area contributed by atoms with E-state index in [0.717, 1.165) is 14.6 Å². The van der Waals surface area contributed by atoms with Crippen molar-refractivity contribution in [3.05, 3.63) is 33.7 Å². The molecule has 1 aliphatic heterocycles. The molecule has 2 rings (SSSR count). The fourth-order valence-electron chi connectivity index (χ4n) is 2.07. The third-order valence-corrected chi connectivity index (χ3v) is 4.03. The molecule has 3 nitrogen and oxygen atoms in total. The van der Waals surface area contributed by atoms with Gasteiger partial charge in [-0.3, -0.25) is 4.79 Å². The van der Waals surface area contributed by atoms with Crippen LogP contribution in [-0.4, -0.2) is 19.6 Å². The van der Waals surface area contributed by atoms with Crippen LogP contribution in [0.2, 0.25) is 0 Å². The van der Waals surface area contributed by atoms with Crippen LogP contribution in [0.5, 0.6) is 5.75 Å². The zero-order valence-corrected chi connectivity index (χ0v) is 13.1. The lowest BCUT2D eigenvalue weighted by Crippen LogP contribution is -2.25. The van der Waals surface area contributed by atoms with E-state index in [9.17, 15) is 4.79 Å². The van der Waals surface area contributed by atoms with E-state index in [4.69, 9.17) is 4.74 Å². The van der Waals surface area contributed by atoms with Crippen LogP contribution in [0.1, 0.15) is 6.42 Å².